The van der Waals surface area contributed by atoms with Gasteiger partial charge in [-0.05, 0) is 12.8 Å². The number of piperidine rings is 1. The first-order valence-corrected chi connectivity index (χ1v) is 7.79. The summed E-state index contributed by atoms with van der Waals surface area (Å²) in [6.07, 6.45) is 1.41. The van der Waals surface area contributed by atoms with Crippen molar-refractivity contribution in [3.8, 4) is 0 Å². The van der Waals surface area contributed by atoms with Gasteiger partial charge in [-0.2, -0.15) is 0 Å². The molecule has 2 unspecified atom stereocenters. The Morgan fingerprint density at radius 3 is 2.52 bits per heavy atom. The molecule has 2 fully saturated rings. The largest absolute Gasteiger partial charge is 0.481 e. The zero-order chi connectivity index (χ0) is 17.1. The number of rotatable bonds is 4. The minimum Gasteiger partial charge on any atom is -0.481 e. The lowest BCUT2D eigenvalue weighted by Crippen LogP contribution is -2.47. The Balaban J connectivity index is 1.88. The van der Waals surface area contributed by atoms with E-state index < -0.39 is 17.8 Å². The van der Waals surface area contributed by atoms with Crippen molar-refractivity contribution in [3.63, 3.8) is 0 Å². The van der Waals surface area contributed by atoms with E-state index in [0.29, 0.717) is 25.9 Å². The topological polar surface area (TPSA) is 98.2 Å². The fourth-order valence-electron chi connectivity index (χ4n) is 3.13. The molecule has 0 bridgehead atoms. The number of carboxylic acids is 1. The summed E-state index contributed by atoms with van der Waals surface area (Å²) in [5, 5.41) is 9.06. The van der Waals surface area contributed by atoms with Crippen LogP contribution in [0.4, 0.5) is 0 Å². The van der Waals surface area contributed by atoms with Crippen molar-refractivity contribution < 1.29 is 24.3 Å². The van der Waals surface area contributed by atoms with E-state index in [1.807, 2.05) is 0 Å². The number of carbonyl (C=O) groups excluding carboxylic acids is 3. The average Bonchev–Trinajstić information content (AvgIpc) is 2.85. The van der Waals surface area contributed by atoms with E-state index in [2.05, 4.69) is 0 Å². The highest BCUT2D eigenvalue weighted by Gasteiger charge is 2.35. The lowest BCUT2D eigenvalue weighted by molar-refractivity contribution is -0.147. The number of hydrogen-bond donors (Lipinski definition) is 1. The Bertz CT molecular complexity index is 521. The van der Waals surface area contributed by atoms with Gasteiger partial charge in [0.15, 0.2) is 0 Å². The number of aliphatic carboxylic acids is 1. The van der Waals surface area contributed by atoms with Crippen LogP contribution in [0.25, 0.3) is 0 Å². The lowest BCUT2D eigenvalue weighted by atomic mass is 9.98. The number of likely N-dealkylation sites (tertiary alicyclic amines) is 2. The third-order valence-electron chi connectivity index (χ3n) is 4.56. The fourth-order valence-corrected chi connectivity index (χ4v) is 3.13. The summed E-state index contributed by atoms with van der Waals surface area (Å²) in [7, 11) is 3.20. The molecule has 0 aromatic carbocycles. The van der Waals surface area contributed by atoms with Gasteiger partial charge in [0.05, 0.1) is 18.4 Å². The van der Waals surface area contributed by atoms with Gasteiger partial charge in [-0.3, -0.25) is 19.2 Å². The van der Waals surface area contributed by atoms with E-state index in [9.17, 15) is 19.2 Å². The summed E-state index contributed by atoms with van der Waals surface area (Å²) < 4.78 is 0. The SMILES string of the molecule is CN1CC(C(=O)N(C)CC(=O)N2CCCC(C(=O)O)C2)CC1=O. The Morgan fingerprint density at radius 1 is 1.26 bits per heavy atom. The predicted octanol–water partition coefficient (Wildman–Crippen LogP) is -0.754. The molecule has 0 spiro atoms. The van der Waals surface area contributed by atoms with Gasteiger partial charge in [-0.15, -0.1) is 0 Å². The highest BCUT2D eigenvalue weighted by atomic mass is 16.4. The molecule has 0 aliphatic carbocycles. The first-order chi connectivity index (χ1) is 10.8. The highest BCUT2D eigenvalue weighted by Crippen LogP contribution is 2.19. The number of hydrogen-bond acceptors (Lipinski definition) is 4. The molecule has 8 heteroatoms. The van der Waals surface area contributed by atoms with Crippen LogP contribution in [0.15, 0.2) is 0 Å². The molecule has 1 N–H and O–H groups in total. The molecular formula is C15H23N3O5. The normalized spacial score (nSPS) is 24.7. The van der Waals surface area contributed by atoms with Crippen molar-refractivity contribution in [2.75, 3.05) is 40.3 Å². The Labute approximate surface area is 135 Å². The summed E-state index contributed by atoms with van der Waals surface area (Å²) in [4.78, 5) is 51.5. The van der Waals surface area contributed by atoms with E-state index in [1.165, 1.54) is 14.7 Å². The van der Waals surface area contributed by atoms with Crippen molar-refractivity contribution in [3.05, 3.63) is 0 Å². The van der Waals surface area contributed by atoms with E-state index >= 15 is 0 Å². The van der Waals surface area contributed by atoms with Gasteiger partial charge >= 0.3 is 5.97 Å². The summed E-state index contributed by atoms with van der Waals surface area (Å²) >= 11 is 0. The Kier molecular flexibility index (Phi) is 5.23. The maximum Gasteiger partial charge on any atom is 0.308 e. The zero-order valence-corrected chi connectivity index (χ0v) is 13.5. The van der Waals surface area contributed by atoms with Crippen LogP contribution in [0.1, 0.15) is 19.3 Å². The Morgan fingerprint density at radius 2 is 1.96 bits per heavy atom. The lowest BCUT2D eigenvalue weighted by Gasteiger charge is -2.32. The molecule has 23 heavy (non-hydrogen) atoms. The van der Waals surface area contributed by atoms with Crippen LogP contribution >= 0.6 is 0 Å². The number of likely N-dealkylation sites (N-methyl/N-ethyl adjacent to an activating group) is 1. The quantitative estimate of drug-likeness (QED) is 0.733. The van der Waals surface area contributed by atoms with E-state index in [1.54, 1.807) is 14.1 Å². The maximum atomic E-state index is 12.3. The van der Waals surface area contributed by atoms with Gasteiger partial charge in [0.2, 0.25) is 17.7 Å². The summed E-state index contributed by atoms with van der Waals surface area (Å²) in [5.41, 5.74) is 0. The molecule has 128 valence electrons. The summed E-state index contributed by atoms with van der Waals surface area (Å²) in [6, 6.07) is 0. The van der Waals surface area contributed by atoms with Crippen molar-refractivity contribution in [1.82, 2.24) is 14.7 Å². The second-order valence-corrected chi connectivity index (χ2v) is 6.39. The molecule has 0 aromatic heterocycles. The molecular weight excluding hydrogens is 302 g/mol. The van der Waals surface area contributed by atoms with Gasteiger partial charge in [0, 0.05) is 40.2 Å². The van der Waals surface area contributed by atoms with E-state index in [-0.39, 0.29) is 37.2 Å². The van der Waals surface area contributed by atoms with Crippen LogP contribution in [0.2, 0.25) is 0 Å². The molecule has 0 aromatic rings. The van der Waals surface area contributed by atoms with Crippen LogP contribution < -0.4 is 0 Å². The first-order valence-electron chi connectivity index (χ1n) is 7.79. The molecule has 2 aliphatic heterocycles. The highest BCUT2D eigenvalue weighted by molar-refractivity contribution is 5.91. The van der Waals surface area contributed by atoms with Crippen molar-refractivity contribution in [2.45, 2.75) is 19.3 Å². The van der Waals surface area contributed by atoms with Crippen LogP contribution in [-0.4, -0.2) is 83.8 Å². The average molecular weight is 325 g/mol. The van der Waals surface area contributed by atoms with Gasteiger partial charge in [0.1, 0.15) is 0 Å². The molecule has 2 aliphatic rings. The van der Waals surface area contributed by atoms with Crippen LogP contribution in [0.3, 0.4) is 0 Å². The second kappa shape index (κ2) is 6.97. The summed E-state index contributed by atoms with van der Waals surface area (Å²) in [6.45, 7) is 1.01. The number of carboxylic acid groups (broad SMARTS) is 1. The molecule has 8 nitrogen and oxygen atoms in total. The van der Waals surface area contributed by atoms with Gasteiger partial charge in [-0.1, -0.05) is 0 Å². The van der Waals surface area contributed by atoms with Crippen molar-refractivity contribution >= 4 is 23.7 Å². The first kappa shape index (κ1) is 17.2. The fraction of sp³-hybridized carbons (Fsp3) is 0.733. The number of carbonyl (C=O) groups is 4. The molecule has 0 saturated carbocycles. The maximum absolute atomic E-state index is 12.3. The third kappa shape index (κ3) is 4.00. The second-order valence-electron chi connectivity index (χ2n) is 6.39. The molecule has 3 amide bonds. The van der Waals surface area contributed by atoms with Crippen LogP contribution in [0.5, 0.6) is 0 Å². The molecule has 2 heterocycles. The zero-order valence-electron chi connectivity index (χ0n) is 13.5. The molecule has 2 saturated heterocycles. The predicted molar refractivity (Wildman–Crippen MR) is 80.3 cm³/mol. The smallest absolute Gasteiger partial charge is 0.308 e. The van der Waals surface area contributed by atoms with Crippen molar-refractivity contribution in [2.24, 2.45) is 11.8 Å². The minimum atomic E-state index is -0.889. The van der Waals surface area contributed by atoms with Crippen LogP contribution in [-0.2, 0) is 19.2 Å². The molecule has 2 atom stereocenters. The molecule has 0 radical (unpaired) electrons. The van der Waals surface area contributed by atoms with E-state index in [4.69, 9.17) is 5.11 Å². The number of nitrogens with zero attached hydrogens (tertiary/aromatic N) is 3. The van der Waals surface area contributed by atoms with Gasteiger partial charge in [0.25, 0.3) is 0 Å². The van der Waals surface area contributed by atoms with E-state index in [0.717, 1.165) is 0 Å². The monoisotopic (exact) mass is 325 g/mol. The van der Waals surface area contributed by atoms with Gasteiger partial charge < -0.3 is 19.8 Å². The van der Waals surface area contributed by atoms with Crippen LogP contribution in [0, 0.1) is 11.8 Å². The standard InChI is InChI=1S/C15H23N3O5/c1-16-7-11(6-12(16)19)14(21)17(2)9-13(20)18-5-3-4-10(8-18)15(22)23/h10-11H,3-9H2,1-2H3,(H,22,23). The van der Waals surface area contributed by atoms with Gasteiger partial charge in [-0.25, -0.2) is 0 Å². The molecule has 2 rings (SSSR count). The Hall–Kier alpha value is -2.12. The third-order valence-corrected chi connectivity index (χ3v) is 4.56. The number of amides is 3. The van der Waals surface area contributed by atoms with Crippen molar-refractivity contribution in [1.29, 1.82) is 0 Å². The minimum absolute atomic E-state index is 0.0663. The summed E-state index contributed by atoms with van der Waals surface area (Å²) in [5.74, 6) is -2.36.